The Morgan fingerprint density at radius 1 is 1.39 bits per heavy atom. The summed E-state index contributed by atoms with van der Waals surface area (Å²) in [6, 6.07) is 8.53. The van der Waals surface area contributed by atoms with Gasteiger partial charge in [0.25, 0.3) is 0 Å². The SMILES string of the molecule is CN(C)c1cccc(NCCCC2CCCO2)c1. The van der Waals surface area contributed by atoms with Crippen molar-refractivity contribution in [1.82, 2.24) is 0 Å². The number of hydrogen-bond acceptors (Lipinski definition) is 3. The number of ether oxygens (including phenoxy) is 1. The fraction of sp³-hybridized carbons (Fsp3) is 0.600. The predicted octanol–water partition coefficient (Wildman–Crippen LogP) is 3.12. The van der Waals surface area contributed by atoms with Crippen LogP contribution >= 0.6 is 0 Å². The topological polar surface area (TPSA) is 24.5 Å². The van der Waals surface area contributed by atoms with E-state index in [1.165, 1.54) is 37.1 Å². The van der Waals surface area contributed by atoms with Gasteiger partial charge in [-0.15, -0.1) is 0 Å². The first-order valence-electron chi connectivity index (χ1n) is 6.88. The molecule has 1 saturated heterocycles. The highest BCUT2D eigenvalue weighted by Gasteiger charge is 2.14. The van der Waals surface area contributed by atoms with Gasteiger partial charge in [-0.1, -0.05) is 6.07 Å². The Balaban J connectivity index is 1.70. The number of rotatable bonds is 6. The zero-order valence-electron chi connectivity index (χ0n) is 11.5. The van der Waals surface area contributed by atoms with Crippen LogP contribution in [0.4, 0.5) is 11.4 Å². The van der Waals surface area contributed by atoms with E-state index in [0.717, 1.165) is 13.2 Å². The van der Waals surface area contributed by atoms with E-state index in [4.69, 9.17) is 4.74 Å². The lowest BCUT2D eigenvalue weighted by molar-refractivity contribution is 0.103. The molecule has 3 heteroatoms. The molecular weight excluding hydrogens is 224 g/mol. The molecule has 0 aliphatic carbocycles. The summed E-state index contributed by atoms with van der Waals surface area (Å²) in [5, 5.41) is 3.48. The van der Waals surface area contributed by atoms with Gasteiger partial charge in [-0.25, -0.2) is 0 Å². The van der Waals surface area contributed by atoms with Gasteiger partial charge in [-0.2, -0.15) is 0 Å². The van der Waals surface area contributed by atoms with Crippen LogP contribution in [0.5, 0.6) is 0 Å². The molecule has 2 rings (SSSR count). The van der Waals surface area contributed by atoms with Crippen molar-refractivity contribution in [1.29, 1.82) is 0 Å². The Morgan fingerprint density at radius 2 is 2.28 bits per heavy atom. The molecule has 0 saturated carbocycles. The van der Waals surface area contributed by atoms with Gasteiger partial charge in [-0.05, 0) is 43.9 Å². The lowest BCUT2D eigenvalue weighted by Gasteiger charge is -2.15. The second-order valence-electron chi connectivity index (χ2n) is 5.15. The summed E-state index contributed by atoms with van der Waals surface area (Å²) >= 11 is 0. The van der Waals surface area contributed by atoms with E-state index in [1.54, 1.807) is 0 Å². The van der Waals surface area contributed by atoms with Gasteiger partial charge in [0, 0.05) is 38.6 Å². The molecule has 0 spiro atoms. The molecule has 0 amide bonds. The number of hydrogen-bond donors (Lipinski definition) is 1. The highest BCUT2D eigenvalue weighted by Crippen LogP contribution is 2.19. The van der Waals surface area contributed by atoms with E-state index in [-0.39, 0.29) is 0 Å². The first-order chi connectivity index (χ1) is 8.75. The lowest BCUT2D eigenvalue weighted by Crippen LogP contribution is -2.10. The molecule has 1 heterocycles. The van der Waals surface area contributed by atoms with Crippen molar-refractivity contribution in [3.05, 3.63) is 24.3 Å². The van der Waals surface area contributed by atoms with Crippen LogP contribution < -0.4 is 10.2 Å². The maximum atomic E-state index is 5.62. The third kappa shape index (κ3) is 3.91. The molecule has 3 nitrogen and oxygen atoms in total. The van der Waals surface area contributed by atoms with E-state index in [1.807, 2.05) is 0 Å². The third-order valence-electron chi connectivity index (χ3n) is 3.42. The first kappa shape index (κ1) is 13.2. The van der Waals surface area contributed by atoms with Crippen LogP contribution in [0.1, 0.15) is 25.7 Å². The molecule has 1 aliphatic heterocycles. The van der Waals surface area contributed by atoms with Crippen LogP contribution in [0, 0.1) is 0 Å². The highest BCUT2D eigenvalue weighted by molar-refractivity contribution is 5.57. The minimum absolute atomic E-state index is 0.514. The zero-order valence-corrected chi connectivity index (χ0v) is 11.5. The van der Waals surface area contributed by atoms with Gasteiger partial charge >= 0.3 is 0 Å². The van der Waals surface area contributed by atoms with Crippen LogP contribution in [-0.4, -0.2) is 33.4 Å². The molecule has 1 unspecified atom stereocenters. The van der Waals surface area contributed by atoms with E-state index >= 15 is 0 Å². The molecule has 100 valence electrons. The van der Waals surface area contributed by atoms with E-state index < -0.39 is 0 Å². The van der Waals surface area contributed by atoms with Gasteiger partial charge in [0.1, 0.15) is 0 Å². The summed E-state index contributed by atoms with van der Waals surface area (Å²) in [6.45, 7) is 1.99. The maximum absolute atomic E-state index is 5.62. The molecular formula is C15H24N2O. The van der Waals surface area contributed by atoms with Crippen LogP contribution in [0.15, 0.2) is 24.3 Å². The molecule has 1 N–H and O–H groups in total. The second kappa shape index (κ2) is 6.64. The van der Waals surface area contributed by atoms with Crippen molar-refractivity contribution in [3.8, 4) is 0 Å². The maximum Gasteiger partial charge on any atom is 0.0576 e. The molecule has 0 radical (unpaired) electrons. The van der Waals surface area contributed by atoms with Crippen LogP contribution in [0.3, 0.4) is 0 Å². The third-order valence-corrected chi connectivity index (χ3v) is 3.42. The van der Waals surface area contributed by atoms with Gasteiger partial charge < -0.3 is 15.0 Å². The Kier molecular flexibility index (Phi) is 4.88. The van der Waals surface area contributed by atoms with Crippen molar-refractivity contribution in [2.75, 3.05) is 37.5 Å². The number of anilines is 2. The quantitative estimate of drug-likeness (QED) is 0.783. The second-order valence-corrected chi connectivity index (χ2v) is 5.15. The minimum Gasteiger partial charge on any atom is -0.385 e. The zero-order chi connectivity index (χ0) is 12.8. The lowest BCUT2D eigenvalue weighted by atomic mass is 10.1. The van der Waals surface area contributed by atoms with E-state index in [9.17, 15) is 0 Å². The number of benzene rings is 1. The van der Waals surface area contributed by atoms with Crippen molar-refractivity contribution < 1.29 is 4.74 Å². The number of nitrogens with one attached hydrogen (secondary N) is 1. The Morgan fingerprint density at radius 3 is 3.00 bits per heavy atom. The van der Waals surface area contributed by atoms with Crippen LogP contribution in [0.25, 0.3) is 0 Å². The molecule has 1 atom stereocenters. The molecule has 1 aromatic rings. The van der Waals surface area contributed by atoms with Crippen molar-refractivity contribution in [2.45, 2.75) is 31.8 Å². The van der Waals surface area contributed by atoms with Crippen LogP contribution in [-0.2, 0) is 4.74 Å². The molecule has 0 bridgehead atoms. The smallest absolute Gasteiger partial charge is 0.0576 e. The Bertz CT molecular complexity index is 359. The normalized spacial score (nSPS) is 18.9. The fourth-order valence-electron chi connectivity index (χ4n) is 2.33. The summed E-state index contributed by atoms with van der Waals surface area (Å²) < 4.78 is 5.62. The number of nitrogens with zero attached hydrogens (tertiary/aromatic N) is 1. The fourth-order valence-corrected chi connectivity index (χ4v) is 2.33. The Hall–Kier alpha value is -1.22. The summed E-state index contributed by atoms with van der Waals surface area (Å²) in [7, 11) is 4.13. The summed E-state index contributed by atoms with van der Waals surface area (Å²) in [4.78, 5) is 2.12. The molecule has 0 aromatic heterocycles. The minimum atomic E-state index is 0.514. The van der Waals surface area contributed by atoms with E-state index in [0.29, 0.717) is 6.10 Å². The molecule has 18 heavy (non-hydrogen) atoms. The molecule has 1 fully saturated rings. The van der Waals surface area contributed by atoms with Gasteiger partial charge in [0.15, 0.2) is 0 Å². The first-order valence-corrected chi connectivity index (χ1v) is 6.88. The van der Waals surface area contributed by atoms with Crippen LogP contribution in [0.2, 0.25) is 0 Å². The van der Waals surface area contributed by atoms with Gasteiger partial charge in [-0.3, -0.25) is 0 Å². The Labute approximate surface area is 110 Å². The standard InChI is InChI=1S/C15H24N2O/c1-17(2)14-7-3-6-13(12-14)16-10-4-8-15-9-5-11-18-15/h3,6-7,12,15-16H,4-5,8-11H2,1-2H3. The summed E-state index contributed by atoms with van der Waals surface area (Å²) in [6.07, 6.45) is 5.36. The highest BCUT2D eigenvalue weighted by atomic mass is 16.5. The average molecular weight is 248 g/mol. The van der Waals surface area contributed by atoms with Crippen molar-refractivity contribution in [3.63, 3.8) is 0 Å². The van der Waals surface area contributed by atoms with Gasteiger partial charge in [0.05, 0.1) is 6.10 Å². The summed E-state index contributed by atoms with van der Waals surface area (Å²) in [5.41, 5.74) is 2.44. The van der Waals surface area contributed by atoms with E-state index in [2.05, 4.69) is 48.6 Å². The predicted molar refractivity (Wildman–Crippen MR) is 77.5 cm³/mol. The van der Waals surface area contributed by atoms with Gasteiger partial charge in [0.2, 0.25) is 0 Å². The largest absolute Gasteiger partial charge is 0.385 e. The molecule has 1 aromatic carbocycles. The molecule has 1 aliphatic rings. The van der Waals surface area contributed by atoms with Crippen molar-refractivity contribution >= 4 is 11.4 Å². The monoisotopic (exact) mass is 248 g/mol. The summed E-state index contributed by atoms with van der Waals surface area (Å²) in [5.74, 6) is 0. The average Bonchev–Trinajstić information content (AvgIpc) is 2.88. The van der Waals surface area contributed by atoms with Crippen molar-refractivity contribution in [2.24, 2.45) is 0 Å².